The van der Waals surface area contributed by atoms with Crippen molar-refractivity contribution in [2.75, 3.05) is 13.2 Å². The third-order valence-corrected chi connectivity index (χ3v) is 2.96. The van der Waals surface area contributed by atoms with Crippen LogP contribution in [0.2, 0.25) is 0 Å². The van der Waals surface area contributed by atoms with Crippen LogP contribution in [0.1, 0.15) is 23.7 Å². The third kappa shape index (κ3) is 1.56. The summed E-state index contributed by atoms with van der Waals surface area (Å²) in [4.78, 5) is 0. The second-order valence-electron chi connectivity index (χ2n) is 4.01. The van der Waals surface area contributed by atoms with Crippen LogP contribution in [0.4, 0.5) is 0 Å². The first kappa shape index (κ1) is 8.45. The van der Waals surface area contributed by atoms with E-state index in [1.165, 1.54) is 11.1 Å². The molecule has 1 aromatic rings. The van der Waals surface area contributed by atoms with Gasteiger partial charge in [0.15, 0.2) is 0 Å². The fraction of sp³-hybridized carbons (Fsp3) is 0.500. The molecule has 2 heteroatoms. The Bertz CT molecular complexity index is 331. The molecule has 0 N–H and O–H groups in total. The van der Waals surface area contributed by atoms with Crippen molar-refractivity contribution in [3.63, 3.8) is 0 Å². The largest absolute Gasteiger partial charge is 0.371 e. The molecule has 0 amide bonds. The zero-order valence-corrected chi connectivity index (χ0v) is 8.11. The maximum atomic E-state index is 5.83. The molecule has 1 aromatic carbocycles. The first-order valence-corrected chi connectivity index (χ1v) is 5.24. The Morgan fingerprint density at radius 3 is 3.07 bits per heavy atom. The van der Waals surface area contributed by atoms with Crippen LogP contribution >= 0.6 is 0 Å². The summed E-state index contributed by atoms with van der Waals surface area (Å²) in [6.45, 7) is 1.65. The smallest absolute Gasteiger partial charge is 0.104 e. The SMILES string of the molecule is c1ccc2c(c1)CC[C@@H]2OCC1CO1. The Kier molecular flexibility index (Phi) is 2.03. The molecule has 1 unspecified atom stereocenters. The van der Waals surface area contributed by atoms with Gasteiger partial charge in [-0.3, -0.25) is 0 Å². The van der Waals surface area contributed by atoms with Gasteiger partial charge in [-0.1, -0.05) is 24.3 Å². The van der Waals surface area contributed by atoms with E-state index in [0.29, 0.717) is 12.2 Å². The molecule has 0 radical (unpaired) electrons. The van der Waals surface area contributed by atoms with Crippen molar-refractivity contribution in [3.05, 3.63) is 35.4 Å². The lowest BCUT2D eigenvalue weighted by Gasteiger charge is -2.11. The van der Waals surface area contributed by atoms with Crippen LogP contribution in [0.25, 0.3) is 0 Å². The normalized spacial score (nSPS) is 28.9. The van der Waals surface area contributed by atoms with Gasteiger partial charge in [0.1, 0.15) is 6.10 Å². The van der Waals surface area contributed by atoms with Gasteiger partial charge in [0.2, 0.25) is 0 Å². The molecular weight excluding hydrogens is 176 g/mol. The first-order valence-electron chi connectivity index (χ1n) is 5.24. The molecule has 74 valence electrons. The predicted octanol–water partition coefficient (Wildman–Crippen LogP) is 2.09. The van der Waals surface area contributed by atoms with Crippen LogP contribution in [0.15, 0.2) is 24.3 Å². The summed E-state index contributed by atoms with van der Waals surface area (Å²) >= 11 is 0. The number of epoxide rings is 1. The molecule has 2 aliphatic rings. The van der Waals surface area contributed by atoms with Gasteiger partial charge in [-0.25, -0.2) is 0 Å². The van der Waals surface area contributed by atoms with Crippen molar-refractivity contribution in [3.8, 4) is 0 Å². The minimum atomic E-state index is 0.315. The van der Waals surface area contributed by atoms with Crippen molar-refractivity contribution in [2.45, 2.75) is 25.0 Å². The highest BCUT2D eigenvalue weighted by Crippen LogP contribution is 2.34. The van der Waals surface area contributed by atoms with Gasteiger partial charge in [-0.15, -0.1) is 0 Å². The summed E-state index contributed by atoms with van der Waals surface area (Å²) in [7, 11) is 0. The van der Waals surface area contributed by atoms with E-state index in [4.69, 9.17) is 9.47 Å². The quantitative estimate of drug-likeness (QED) is 0.681. The van der Waals surface area contributed by atoms with Crippen LogP contribution in [0.5, 0.6) is 0 Å². The van der Waals surface area contributed by atoms with E-state index >= 15 is 0 Å². The van der Waals surface area contributed by atoms with Crippen molar-refractivity contribution in [2.24, 2.45) is 0 Å². The van der Waals surface area contributed by atoms with Crippen molar-refractivity contribution in [1.29, 1.82) is 0 Å². The molecule has 1 heterocycles. The molecule has 2 atom stereocenters. The number of hydrogen-bond donors (Lipinski definition) is 0. The van der Waals surface area contributed by atoms with Crippen LogP contribution < -0.4 is 0 Å². The average Bonchev–Trinajstić information content (AvgIpc) is 2.96. The van der Waals surface area contributed by atoms with Gasteiger partial charge >= 0.3 is 0 Å². The van der Waals surface area contributed by atoms with Crippen molar-refractivity contribution >= 4 is 0 Å². The van der Waals surface area contributed by atoms with E-state index in [2.05, 4.69) is 24.3 Å². The summed E-state index contributed by atoms with van der Waals surface area (Å²) in [6.07, 6.45) is 2.98. The van der Waals surface area contributed by atoms with Crippen molar-refractivity contribution in [1.82, 2.24) is 0 Å². The second-order valence-corrected chi connectivity index (χ2v) is 4.01. The number of hydrogen-bond acceptors (Lipinski definition) is 2. The number of rotatable bonds is 3. The Labute approximate surface area is 83.8 Å². The number of fused-ring (bicyclic) bond motifs is 1. The zero-order valence-electron chi connectivity index (χ0n) is 8.11. The van der Waals surface area contributed by atoms with E-state index < -0.39 is 0 Å². The van der Waals surface area contributed by atoms with E-state index in [9.17, 15) is 0 Å². The molecule has 1 saturated heterocycles. The van der Waals surface area contributed by atoms with Gasteiger partial charge in [0.25, 0.3) is 0 Å². The molecule has 14 heavy (non-hydrogen) atoms. The molecule has 0 saturated carbocycles. The molecule has 0 bridgehead atoms. The number of ether oxygens (including phenoxy) is 2. The maximum Gasteiger partial charge on any atom is 0.104 e. The lowest BCUT2D eigenvalue weighted by molar-refractivity contribution is 0.0431. The Morgan fingerprint density at radius 2 is 2.21 bits per heavy atom. The summed E-state index contributed by atoms with van der Waals surface area (Å²) < 4.78 is 11.0. The summed E-state index contributed by atoms with van der Waals surface area (Å²) in [5.74, 6) is 0. The molecule has 0 aromatic heterocycles. The highest BCUT2D eigenvalue weighted by atomic mass is 16.6. The van der Waals surface area contributed by atoms with E-state index in [1.807, 2.05) is 0 Å². The van der Waals surface area contributed by atoms with Crippen molar-refractivity contribution < 1.29 is 9.47 Å². The Balaban J connectivity index is 1.70. The first-order chi connectivity index (χ1) is 6.93. The maximum absolute atomic E-state index is 5.83. The minimum absolute atomic E-state index is 0.315. The van der Waals surface area contributed by atoms with Gasteiger partial charge in [-0.2, -0.15) is 0 Å². The molecule has 3 rings (SSSR count). The molecule has 2 nitrogen and oxygen atoms in total. The molecule has 1 aliphatic carbocycles. The van der Waals surface area contributed by atoms with Crippen LogP contribution in [-0.2, 0) is 15.9 Å². The topological polar surface area (TPSA) is 21.8 Å². The summed E-state index contributed by atoms with van der Waals surface area (Å²) in [5, 5.41) is 0. The monoisotopic (exact) mass is 190 g/mol. The zero-order chi connectivity index (χ0) is 9.38. The third-order valence-electron chi connectivity index (χ3n) is 2.96. The minimum Gasteiger partial charge on any atom is -0.371 e. The summed E-state index contributed by atoms with van der Waals surface area (Å²) in [5.41, 5.74) is 2.84. The fourth-order valence-electron chi connectivity index (χ4n) is 2.08. The highest BCUT2D eigenvalue weighted by molar-refractivity contribution is 5.33. The molecule has 1 aliphatic heterocycles. The van der Waals surface area contributed by atoms with Gasteiger partial charge in [0.05, 0.1) is 19.3 Å². The molecule has 1 fully saturated rings. The van der Waals surface area contributed by atoms with E-state index in [0.717, 1.165) is 26.1 Å². The predicted molar refractivity (Wildman–Crippen MR) is 53.2 cm³/mol. The summed E-state index contributed by atoms with van der Waals surface area (Å²) in [6, 6.07) is 8.58. The number of aryl methyl sites for hydroxylation is 1. The lowest BCUT2D eigenvalue weighted by atomic mass is 10.1. The lowest BCUT2D eigenvalue weighted by Crippen LogP contribution is -2.06. The van der Waals surface area contributed by atoms with E-state index in [-0.39, 0.29) is 0 Å². The molecule has 0 spiro atoms. The van der Waals surface area contributed by atoms with E-state index in [1.54, 1.807) is 0 Å². The van der Waals surface area contributed by atoms with Crippen LogP contribution in [0.3, 0.4) is 0 Å². The van der Waals surface area contributed by atoms with Gasteiger partial charge in [0, 0.05) is 0 Å². The average molecular weight is 190 g/mol. The molecular formula is C12H14O2. The Morgan fingerprint density at radius 1 is 1.36 bits per heavy atom. The van der Waals surface area contributed by atoms with Gasteiger partial charge < -0.3 is 9.47 Å². The highest BCUT2D eigenvalue weighted by Gasteiger charge is 2.27. The van der Waals surface area contributed by atoms with Gasteiger partial charge in [-0.05, 0) is 24.0 Å². The standard InChI is InChI=1S/C12H14O2/c1-2-4-11-9(3-1)5-6-12(11)14-8-10-7-13-10/h1-4,10,12H,5-8H2/t10?,12-/m0/s1. The van der Waals surface area contributed by atoms with Crippen LogP contribution in [-0.4, -0.2) is 19.3 Å². The second kappa shape index (κ2) is 3.37. The number of benzene rings is 1. The fourth-order valence-corrected chi connectivity index (χ4v) is 2.08. The Hall–Kier alpha value is -0.860. The van der Waals surface area contributed by atoms with Crippen LogP contribution in [0, 0.1) is 0 Å².